The van der Waals surface area contributed by atoms with Crippen LogP contribution in [0.1, 0.15) is 4.88 Å². The summed E-state index contributed by atoms with van der Waals surface area (Å²) in [5, 5.41) is 1.85. The minimum Gasteiger partial charge on any atom is -0.383 e. The highest BCUT2D eigenvalue weighted by atomic mass is 32.1. The molecule has 2 amide bonds. The normalized spacial score (nSPS) is 14.3. The summed E-state index contributed by atoms with van der Waals surface area (Å²) in [4.78, 5) is 30.2. The molecular weight excluding hydrogens is 383 g/mol. The van der Waals surface area contributed by atoms with Crippen LogP contribution in [0.3, 0.4) is 0 Å². The first-order valence-corrected chi connectivity index (χ1v) is 9.61. The molecule has 28 heavy (non-hydrogen) atoms. The first kappa shape index (κ1) is 20.2. The number of carbonyl (C=O) groups is 2. The molecule has 0 radical (unpaired) electrons. The molecule has 2 aromatic rings. The van der Waals surface area contributed by atoms with Crippen LogP contribution in [0.2, 0.25) is 0 Å². The van der Waals surface area contributed by atoms with Gasteiger partial charge in [-0.05, 0) is 35.7 Å². The monoisotopic (exact) mass is 404 g/mol. The molecule has 0 saturated carbocycles. The number of benzene rings is 1. The molecule has 1 aromatic heterocycles. The minimum absolute atomic E-state index is 0.311. The first-order chi connectivity index (χ1) is 13.6. The van der Waals surface area contributed by atoms with E-state index in [1.54, 1.807) is 14.2 Å². The van der Waals surface area contributed by atoms with E-state index in [4.69, 9.17) is 9.47 Å². The molecule has 0 N–H and O–H groups in total. The Balaban J connectivity index is 2.06. The van der Waals surface area contributed by atoms with Gasteiger partial charge in [-0.3, -0.25) is 9.59 Å². The van der Waals surface area contributed by atoms with Crippen molar-refractivity contribution < 1.29 is 23.5 Å². The van der Waals surface area contributed by atoms with E-state index in [-0.39, 0.29) is 0 Å². The second-order valence-electron chi connectivity index (χ2n) is 6.10. The Morgan fingerprint density at radius 1 is 1.00 bits per heavy atom. The van der Waals surface area contributed by atoms with Gasteiger partial charge in [0.1, 0.15) is 11.5 Å². The lowest BCUT2D eigenvalue weighted by atomic mass is 10.1. The van der Waals surface area contributed by atoms with Crippen molar-refractivity contribution in [3.63, 3.8) is 0 Å². The van der Waals surface area contributed by atoms with Crippen molar-refractivity contribution in [3.05, 3.63) is 58.2 Å². The van der Waals surface area contributed by atoms with Crippen molar-refractivity contribution in [2.75, 3.05) is 45.4 Å². The molecule has 2 heterocycles. The number of anilines is 1. The van der Waals surface area contributed by atoms with Crippen LogP contribution in [0.4, 0.5) is 10.1 Å². The van der Waals surface area contributed by atoms with E-state index < -0.39 is 17.6 Å². The fourth-order valence-electron chi connectivity index (χ4n) is 3.02. The Hall–Kier alpha value is -2.55. The summed E-state index contributed by atoms with van der Waals surface area (Å²) in [5.74, 6) is -1.29. The molecule has 0 bridgehead atoms. The number of hydrogen-bond donors (Lipinski definition) is 0. The second kappa shape index (κ2) is 9.09. The van der Waals surface area contributed by atoms with Crippen molar-refractivity contribution in [2.24, 2.45) is 0 Å². The highest BCUT2D eigenvalue weighted by Gasteiger charge is 2.42. The number of halogens is 1. The predicted molar refractivity (Wildman–Crippen MR) is 105 cm³/mol. The molecule has 8 heteroatoms. The predicted octanol–water partition coefficient (Wildman–Crippen LogP) is 2.77. The van der Waals surface area contributed by atoms with Crippen LogP contribution in [0, 0.1) is 5.82 Å². The number of amides is 2. The third-order valence-corrected chi connectivity index (χ3v) is 5.25. The standard InChI is InChI=1S/C20H21FN2O4S/c1-26-11-9-22(10-12-27-2)18-17(16-4-3-13-28-16)19(24)23(20(18)25)15-7-5-14(21)6-8-15/h3-8,13H,9-12H2,1-2H3. The number of methoxy groups -OCH3 is 2. The molecule has 0 atom stereocenters. The van der Waals surface area contributed by atoms with Gasteiger partial charge in [0, 0.05) is 32.2 Å². The average Bonchev–Trinajstić information content (AvgIpc) is 3.30. The number of nitrogens with zero attached hydrogens (tertiary/aromatic N) is 2. The summed E-state index contributed by atoms with van der Waals surface area (Å²) in [6, 6.07) is 8.95. The SMILES string of the molecule is COCCN(CCOC)C1=C(c2cccs2)C(=O)N(c2ccc(F)cc2)C1=O. The van der Waals surface area contributed by atoms with Gasteiger partial charge < -0.3 is 14.4 Å². The number of thiophene rings is 1. The van der Waals surface area contributed by atoms with Gasteiger partial charge in [0.25, 0.3) is 11.8 Å². The molecule has 0 saturated heterocycles. The summed E-state index contributed by atoms with van der Waals surface area (Å²) in [6.45, 7) is 1.65. The van der Waals surface area contributed by atoms with Gasteiger partial charge in [0.2, 0.25) is 0 Å². The Labute approximate surface area is 166 Å². The summed E-state index contributed by atoms with van der Waals surface area (Å²) < 4.78 is 23.7. The fourth-order valence-corrected chi connectivity index (χ4v) is 3.78. The maximum atomic E-state index is 13.3. The number of carbonyl (C=O) groups excluding carboxylic acids is 2. The van der Waals surface area contributed by atoms with E-state index in [1.807, 2.05) is 22.4 Å². The zero-order valence-corrected chi connectivity index (χ0v) is 16.5. The molecule has 0 aliphatic carbocycles. The van der Waals surface area contributed by atoms with Gasteiger partial charge in [-0.15, -0.1) is 11.3 Å². The van der Waals surface area contributed by atoms with E-state index in [0.29, 0.717) is 48.1 Å². The van der Waals surface area contributed by atoms with Crippen LogP contribution in [0.15, 0.2) is 47.5 Å². The molecule has 1 aromatic carbocycles. The summed E-state index contributed by atoms with van der Waals surface area (Å²) in [5.41, 5.74) is 0.987. The molecule has 3 rings (SSSR count). The molecule has 1 aliphatic heterocycles. The molecule has 0 unspecified atom stereocenters. The average molecular weight is 404 g/mol. The van der Waals surface area contributed by atoms with Gasteiger partial charge in [0.05, 0.1) is 24.5 Å². The Morgan fingerprint density at radius 2 is 1.64 bits per heavy atom. The zero-order chi connectivity index (χ0) is 20.1. The fraction of sp³-hybridized carbons (Fsp3) is 0.300. The van der Waals surface area contributed by atoms with Gasteiger partial charge in [-0.25, -0.2) is 9.29 Å². The lowest BCUT2D eigenvalue weighted by Crippen LogP contribution is -2.37. The quantitative estimate of drug-likeness (QED) is 0.602. The number of imide groups is 1. The van der Waals surface area contributed by atoms with Gasteiger partial charge in [0.15, 0.2) is 0 Å². The Bertz CT molecular complexity index is 857. The smallest absolute Gasteiger partial charge is 0.282 e. The number of ether oxygens (including phenoxy) is 2. The van der Waals surface area contributed by atoms with Crippen LogP contribution in [-0.4, -0.2) is 57.2 Å². The Morgan fingerprint density at radius 3 is 2.18 bits per heavy atom. The van der Waals surface area contributed by atoms with Crippen LogP contribution < -0.4 is 4.90 Å². The number of rotatable bonds is 9. The minimum atomic E-state index is -0.438. The van der Waals surface area contributed by atoms with Crippen LogP contribution in [0.5, 0.6) is 0 Å². The highest BCUT2D eigenvalue weighted by Crippen LogP contribution is 2.36. The van der Waals surface area contributed by atoms with Crippen LogP contribution >= 0.6 is 11.3 Å². The number of hydrogen-bond acceptors (Lipinski definition) is 6. The largest absolute Gasteiger partial charge is 0.383 e. The summed E-state index contributed by atoms with van der Waals surface area (Å²) in [7, 11) is 3.16. The molecular formula is C20H21FN2O4S. The van der Waals surface area contributed by atoms with Crippen LogP contribution in [0.25, 0.3) is 5.57 Å². The van der Waals surface area contributed by atoms with Crippen molar-refractivity contribution in [1.29, 1.82) is 0 Å². The van der Waals surface area contributed by atoms with Crippen molar-refractivity contribution in [1.82, 2.24) is 4.90 Å². The molecule has 6 nitrogen and oxygen atoms in total. The van der Waals surface area contributed by atoms with Gasteiger partial charge in [-0.1, -0.05) is 6.07 Å². The maximum Gasteiger partial charge on any atom is 0.282 e. The molecule has 148 valence electrons. The second-order valence-corrected chi connectivity index (χ2v) is 7.04. The van der Waals surface area contributed by atoms with E-state index in [2.05, 4.69) is 0 Å². The summed E-state index contributed by atoms with van der Waals surface area (Å²) in [6.07, 6.45) is 0. The molecule has 0 spiro atoms. The van der Waals surface area contributed by atoms with E-state index in [0.717, 1.165) is 4.90 Å². The van der Waals surface area contributed by atoms with E-state index in [1.165, 1.54) is 35.6 Å². The molecule has 1 aliphatic rings. The van der Waals surface area contributed by atoms with Gasteiger partial charge in [-0.2, -0.15) is 0 Å². The van der Waals surface area contributed by atoms with Crippen molar-refractivity contribution in [2.45, 2.75) is 0 Å². The van der Waals surface area contributed by atoms with E-state index in [9.17, 15) is 14.0 Å². The lowest BCUT2D eigenvalue weighted by Gasteiger charge is -2.25. The van der Waals surface area contributed by atoms with Crippen LogP contribution in [-0.2, 0) is 19.1 Å². The third-order valence-electron chi connectivity index (χ3n) is 4.36. The highest BCUT2D eigenvalue weighted by molar-refractivity contribution is 7.11. The van der Waals surface area contributed by atoms with Crippen molar-refractivity contribution >= 4 is 34.4 Å². The Kier molecular flexibility index (Phi) is 6.56. The maximum absolute atomic E-state index is 13.3. The van der Waals surface area contributed by atoms with E-state index >= 15 is 0 Å². The topological polar surface area (TPSA) is 59.1 Å². The summed E-state index contributed by atoms with van der Waals surface area (Å²) >= 11 is 1.39. The zero-order valence-electron chi connectivity index (χ0n) is 15.7. The lowest BCUT2D eigenvalue weighted by molar-refractivity contribution is -0.120. The first-order valence-electron chi connectivity index (χ1n) is 8.73. The third kappa shape index (κ3) is 3.99. The molecule has 0 fully saturated rings. The van der Waals surface area contributed by atoms with Crippen molar-refractivity contribution in [3.8, 4) is 0 Å². The van der Waals surface area contributed by atoms with Gasteiger partial charge >= 0.3 is 0 Å².